The van der Waals surface area contributed by atoms with Crippen LogP contribution >= 0.6 is 11.3 Å². The first-order valence-electron chi connectivity index (χ1n) is 6.51. The molecule has 0 aliphatic rings. The van der Waals surface area contributed by atoms with Gasteiger partial charge in [0.2, 0.25) is 0 Å². The summed E-state index contributed by atoms with van der Waals surface area (Å²) in [7, 11) is 0. The predicted octanol–water partition coefficient (Wildman–Crippen LogP) is 4.82. The van der Waals surface area contributed by atoms with E-state index in [1.807, 2.05) is 24.5 Å². The van der Waals surface area contributed by atoms with Crippen LogP contribution in [0.15, 0.2) is 54.2 Å². The van der Waals surface area contributed by atoms with Crippen LogP contribution in [0.4, 0.5) is 0 Å². The highest BCUT2D eigenvalue weighted by Crippen LogP contribution is 2.35. The van der Waals surface area contributed by atoms with Crippen molar-refractivity contribution in [2.24, 2.45) is 0 Å². The van der Waals surface area contributed by atoms with E-state index in [1.54, 1.807) is 11.3 Å². The van der Waals surface area contributed by atoms with Crippen molar-refractivity contribution in [3.05, 3.63) is 59.7 Å². The summed E-state index contributed by atoms with van der Waals surface area (Å²) < 4.78 is 1.25. The molecule has 0 spiro atoms. The van der Waals surface area contributed by atoms with Crippen LogP contribution in [0.1, 0.15) is 5.56 Å². The average molecular weight is 276 g/mol. The number of aryl methyl sites for hydroxylation is 1. The standard InChI is InChI=1S/C17H12N2S/c1-11-8-14-13(15-4-2-3-6-18-15)9-12-5-7-20-17(12)16(14)19-10-11/h2-10H,1H3. The summed E-state index contributed by atoms with van der Waals surface area (Å²) in [4.78, 5) is 9.15. The summed E-state index contributed by atoms with van der Waals surface area (Å²) in [6, 6.07) is 12.6. The Morgan fingerprint density at radius 2 is 2.00 bits per heavy atom. The lowest BCUT2D eigenvalue weighted by Gasteiger charge is -2.08. The maximum Gasteiger partial charge on any atom is 0.0887 e. The molecule has 3 heterocycles. The van der Waals surface area contributed by atoms with Gasteiger partial charge in [0.25, 0.3) is 0 Å². The third-order valence-electron chi connectivity index (χ3n) is 3.47. The first-order valence-corrected chi connectivity index (χ1v) is 7.39. The lowest BCUT2D eigenvalue weighted by Crippen LogP contribution is -1.88. The Balaban J connectivity index is 2.19. The molecule has 0 saturated carbocycles. The Morgan fingerprint density at radius 3 is 2.85 bits per heavy atom. The van der Waals surface area contributed by atoms with Gasteiger partial charge in [0, 0.05) is 23.3 Å². The van der Waals surface area contributed by atoms with Gasteiger partial charge in [-0.05, 0) is 53.6 Å². The molecule has 2 nitrogen and oxygen atoms in total. The van der Waals surface area contributed by atoms with Crippen molar-refractivity contribution in [3.63, 3.8) is 0 Å². The summed E-state index contributed by atoms with van der Waals surface area (Å²) in [5.74, 6) is 0. The number of hydrogen-bond donors (Lipinski definition) is 0. The molecule has 0 bridgehead atoms. The molecule has 0 aliphatic heterocycles. The average Bonchev–Trinajstić information content (AvgIpc) is 2.95. The van der Waals surface area contributed by atoms with Crippen molar-refractivity contribution in [2.75, 3.05) is 0 Å². The molecule has 4 rings (SSSR count). The maximum atomic E-state index is 4.65. The molecule has 1 aromatic carbocycles. The van der Waals surface area contributed by atoms with Crippen molar-refractivity contribution < 1.29 is 0 Å². The summed E-state index contributed by atoms with van der Waals surface area (Å²) >= 11 is 1.74. The molecule has 3 aromatic heterocycles. The second-order valence-electron chi connectivity index (χ2n) is 4.89. The van der Waals surface area contributed by atoms with Crippen molar-refractivity contribution >= 4 is 32.3 Å². The largest absolute Gasteiger partial charge is 0.256 e. The summed E-state index contributed by atoms with van der Waals surface area (Å²) in [6.07, 6.45) is 3.77. The fourth-order valence-electron chi connectivity index (χ4n) is 2.55. The second-order valence-corrected chi connectivity index (χ2v) is 5.80. The molecule has 0 saturated heterocycles. The Hall–Kier alpha value is -2.26. The smallest absolute Gasteiger partial charge is 0.0887 e. The molecule has 96 valence electrons. The maximum absolute atomic E-state index is 4.65. The number of nitrogens with zero attached hydrogens (tertiary/aromatic N) is 2. The van der Waals surface area contributed by atoms with Crippen molar-refractivity contribution in [2.45, 2.75) is 6.92 Å². The van der Waals surface area contributed by atoms with Gasteiger partial charge in [-0.2, -0.15) is 0 Å². The van der Waals surface area contributed by atoms with Gasteiger partial charge in [-0.15, -0.1) is 11.3 Å². The van der Waals surface area contributed by atoms with Crippen LogP contribution in [0, 0.1) is 6.92 Å². The van der Waals surface area contributed by atoms with Crippen molar-refractivity contribution in [3.8, 4) is 11.3 Å². The molecule has 0 amide bonds. The first kappa shape index (κ1) is 11.6. The van der Waals surface area contributed by atoms with E-state index < -0.39 is 0 Å². The minimum absolute atomic E-state index is 0.998. The Morgan fingerprint density at radius 1 is 1.05 bits per heavy atom. The zero-order valence-corrected chi connectivity index (χ0v) is 11.8. The fourth-order valence-corrected chi connectivity index (χ4v) is 3.44. The van der Waals surface area contributed by atoms with Crippen LogP contribution in [0.2, 0.25) is 0 Å². The summed E-state index contributed by atoms with van der Waals surface area (Å²) in [6.45, 7) is 2.08. The molecule has 4 aromatic rings. The SMILES string of the molecule is Cc1cnc2c(c1)c(-c1ccccn1)cc1ccsc12. The lowest BCUT2D eigenvalue weighted by molar-refractivity contribution is 1.32. The number of benzene rings is 1. The number of fused-ring (bicyclic) bond motifs is 3. The molecule has 0 aliphatic carbocycles. The minimum Gasteiger partial charge on any atom is -0.256 e. The Labute approximate surface area is 120 Å². The van der Waals surface area contributed by atoms with Gasteiger partial charge in [-0.3, -0.25) is 9.97 Å². The minimum atomic E-state index is 0.998. The molecule has 0 N–H and O–H groups in total. The number of aromatic nitrogens is 2. The van der Waals surface area contributed by atoms with E-state index in [1.165, 1.54) is 21.0 Å². The topological polar surface area (TPSA) is 25.8 Å². The molecule has 0 atom stereocenters. The normalized spacial score (nSPS) is 11.2. The molecular weight excluding hydrogens is 264 g/mol. The Bertz CT molecular complexity index is 910. The number of hydrogen-bond acceptors (Lipinski definition) is 3. The van der Waals surface area contributed by atoms with Gasteiger partial charge in [0.05, 0.1) is 15.9 Å². The van der Waals surface area contributed by atoms with Gasteiger partial charge in [-0.1, -0.05) is 6.07 Å². The van der Waals surface area contributed by atoms with E-state index in [0.29, 0.717) is 0 Å². The third kappa shape index (κ3) is 1.71. The highest BCUT2D eigenvalue weighted by molar-refractivity contribution is 7.18. The molecule has 20 heavy (non-hydrogen) atoms. The monoisotopic (exact) mass is 276 g/mol. The van der Waals surface area contributed by atoms with Crippen LogP contribution in [0.25, 0.3) is 32.2 Å². The third-order valence-corrected chi connectivity index (χ3v) is 4.40. The van der Waals surface area contributed by atoms with Gasteiger partial charge in [0.15, 0.2) is 0 Å². The second kappa shape index (κ2) is 4.39. The zero-order chi connectivity index (χ0) is 13.5. The predicted molar refractivity (Wildman–Crippen MR) is 85.1 cm³/mol. The first-order chi connectivity index (χ1) is 9.83. The van der Waals surface area contributed by atoms with Gasteiger partial charge in [-0.25, -0.2) is 0 Å². The quantitative estimate of drug-likeness (QED) is 0.498. The lowest BCUT2D eigenvalue weighted by atomic mass is 10.0. The number of pyridine rings is 2. The van der Waals surface area contributed by atoms with Crippen LogP contribution < -0.4 is 0 Å². The molecular formula is C17H12N2S. The highest BCUT2D eigenvalue weighted by atomic mass is 32.1. The van der Waals surface area contributed by atoms with Gasteiger partial charge >= 0.3 is 0 Å². The van der Waals surface area contributed by atoms with E-state index in [0.717, 1.165) is 16.8 Å². The fraction of sp³-hybridized carbons (Fsp3) is 0.0588. The summed E-state index contributed by atoms with van der Waals surface area (Å²) in [5.41, 5.74) is 4.40. The molecule has 0 unspecified atom stereocenters. The number of rotatable bonds is 1. The van der Waals surface area contributed by atoms with E-state index in [4.69, 9.17) is 0 Å². The van der Waals surface area contributed by atoms with Crippen LogP contribution in [-0.2, 0) is 0 Å². The molecule has 0 radical (unpaired) electrons. The number of thiophene rings is 1. The Kier molecular flexibility index (Phi) is 2.54. The van der Waals surface area contributed by atoms with E-state index in [9.17, 15) is 0 Å². The van der Waals surface area contributed by atoms with Gasteiger partial charge in [0.1, 0.15) is 0 Å². The van der Waals surface area contributed by atoms with Crippen molar-refractivity contribution in [1.82, 2.24) is 9.97 Å². The van der Waals surface area contributed by atoms with E-state index in [2.05, 4.69) is 46.5 Å². The highest BCUT2D eigenvalue weighted by Gasteiger charge is 2.11. The van der Waals surface area contributed by atoms with Crippen LogP contribution in [0.5, 0.6) is 0 Å². The summed E-state index contributed by atoms with van der Waals surface area (Å²) in [5, 5.41) is 4.53. The van der Waals surface area contributed by atoms with Crippen LogP contribution in [-0.4, -0.2) is 9.97 Å². The molecule has 3 heteroatoms. The van der Waals surface area contributed by atoms with E-state index >= 15 is 0 Å². The van der Waals surface area contributed by atoms with E-state index in [-0.39, 0.29) is 0 Å². The zero-order valence-electron chi connectivity index (χ0n) is 11.0. The molecule has 0 fully saturated rings. The van der Waals surface area contributed by atoms with Gasteiger partial charge < -0.3 is 0 Å². The van der Waals surface area contributed by atoms with Crippen molar-refractivity contribution in [1.29, 1.82) is 0 Å². The van der Waals surface area contributed by atoms with Crippen LogP contribution in [0.3, 0.4) is 0 Å².